The molecule has 0 unspecified atom stereocenters. The van der Waals surface area contributed by atoms with Gasteiger partial charge in [0.25, 0.3) is 0 Å². The molecule has 1 N–H and O–H groups in total. The van der Waals surface area contributed by atoms with Crippen LogP contribution in [-0.4, -0.2) is 33.8 Å². The lowest BCUT2D eigenvalue weighted by molar-refractivity contribution is -0.144. The first-order valence-electron chi connectivity index (χ1n) is 10.4. The van der Waals surface area contributed by atoms with Gasteiger partial charge < -0.3 is 14.8 Å². The van der Waals surface area contributed by atoms with Crippen LogP contribution in [0.25, 0.3) is 11.3 Å². The van der Waals surface area contributed by atoms with Gasteiger partial charge >= 0.3 is 12.3 Å². The molecule has 0 aliphatic carbocycles. The second-order valence-electron chi connectivity index (χ2n) is 9.48. The van der Waals surface area contributed by atoms with Crippen molar-refractivity contribution in [2.24, 2.45) is 5.92 Å². The van der Waals surface area contributed by atoms with Gasteiger partial charge in [0, 0.05) is 11.8 Å². The second-order valence-corrected chi connectivity index (χ2v) is 9.89. The van der Waals surface area contributed by atoms with Crippen molar-refractivity contribution in [2.45, 2.75) is 65.3 Å². The Hall–Kier alpha value is -2.55. The molecule has 1 aromatic heterocycles. The number of amides is 1. The van der Waals surface area contributed by atoms with E-state index in [0.29, 0.717) is 17.7 Å². The van der Waals surface area contributed by atoms with E-state index >= 15 is 0 Å². The highest BCUT2D eigenvalue weighted by molar-refractivity contribution is 6.32. The van der Waals surface area contributed by atoms with Crippen molar-refractivity contribution in [3.63, 3.8) is 0 Å². The lowest BCUT2D eigenvalue weighted by Crippen LogP contribution is -2.52. The normalized spacial score (nSPS) is 14.0. The summed E-state index contributed by atoms with van der Waals surface area (Å²) >= 11 is 6.33. The van der Waals surface area contributed by atoms with Crippen LogP contribution in [0.3, 0.4) is 0 Å². The number of alkyl carbamates (subject to hydrolysis) is 1. The van der Waals surface area contributed by atoms with Crippen LogP contribution < -0.4 is 10.1 Å². The minimum absolute atomic E-state index is 0.0852. The predicted octanol–water partition coefficient (Wildman–Crippen LogP) is 6.52. The summed E-state index contributed by atoms with van der Waals surface area (Å²) in [7, 11) is 0. The highest BCUT2D eigenvalue weighted by atomic mass is 35.5. The topological polar surface area (TPSA) is 73.3 Å². The number of aromatic nitrogens is 2. The summed E-state index contributed by atoms with van der Waals surface area (Å²) in [6.45, 7) is 11.3. The Morgan fingerprint density at radius 2 is 1.82 bits per heavy atom. The Labute approximate surface area is 196 Å². The number of hydrogen-bond acceptors (Lipinski definition) is 5. The van der Waals surface area contributed by atoms with Crippen LogP contribution in [0.5, 0.6) is 5.75 Å². The van der Waals surface area contributed by atoms with Gasteiger partial charge in [0.1, 0.15) is 18.0 Å². The first-order valence-corrected chi connectivity index (χ1v) is 10.8. The van der Waals surface area contributed by atoms with Gasteiger partial charge in [0.15, 0.2) is 0 Å². The lowest BCUT2D eigenvalue weighted by atomic mass is 9.91. The SMILES string of the molecule is CC(C)C[C@@](C)(COc1ccc(-c2ccnc(C(F)(F)F)n2)cc1Cl)NC(=O)OC(C)(C)C. The van der Waals surface area contributed by atoms with E-state index < -0.39 is 29.2 Å². The van der Waals surface area contributed by atoms with E-state index in [-0.39, 0.29) is 23.2 Å². The highest BCUT2D eigenvalue weighted by Gasteiger charge is 2.35. The second kappa shape index (κ2) is 10.2. The Balaban J connectivity index is 2.18. The molecule has 0 spiro atoms. The zero-order chi connectivity index (χ0) is 25.0. The Bertz CT molecular complexity index is 977. The summed E-state index contributed by atoms with van der Waals surface area (Å²) < 4.78 is 50.0. The van der Waals surface area contributed by atoms with Crippen molar-refractivity contribution >= 4 is 17.7 Å². The summed E-state index contributed by atoms with van der Waals surface area (Å²) in [6.07, 6.45) is -3.54. The third kappa shape index (κ3) is 8.38. The maximum absolute atomic E-state index is 12.9. The molecule has 0 saturated carbocycles. The van der Waals surface area contributed by atoms with Gasteiger partial charge in [-0.1, -0.05) is 25.4 Å². The van der Waals surface area contributed by atoms with Gasteiger partial charge in [-0.2, -0.15) is 13.2 Å². The molecule has 2 rings (SSSR count). The third-order valence-corrected chi connectivity index (χ3v) is 4.64. The molecule has 182 valence electrons. The van der Waals surface area contributed by atoms with E-state index in [1.54, 1.807) is 32.9 Å². The molecule has 1 atom stereocenters. The summed E-state index contributed by atoms with van der Waals surface area (Å²) in [5, 5.41) is 3.07. The standard InChI is InChI=1S/C23H29ClF3N3O3/c1-14(2)12-22(6,30-20(31)33-21(3,4)5)13-32-18-8-7-15(11-16(18)24)17-9-10-28-19(29-17)23(25,26)27/h7-11,14H,12-13H2,1-6H3,(H,30,31)/t22-/m0/s1. The zero-order valence-corrected chi connectivity index (χ0v) is 20.3. The van der Waals surface area contributed by atoms with E-state index in [4.69, 9.17) is 21.1 Å². The fraction of sp³-hybridized carbons (Fsp3) is 0.522. The minimum atomic E-state index is -4.65. The minimum Gasteiger partial charge on any atom is -0.490 e. The van der Waals surface area contributed by atoms with Gasteiger partial charge in [-0.25, -0.2) is 14.8 Å². The quantitative estimate of drug-likeness (QED) is 0.481. The van der Waals surface area contributed by atoms with Crippen LogP contribution in [0.2, 0.25) is 5.02 Å². The third-order valence-electron chi connectivity index (χ3n) is 4.34. The number of rotatable bonds is 7. The van der Waals surface area contributed by atoms with Crippen LogP contribution in [0.15, 0.2) is 30.5 Å². The molecule has 33 heavy (non-hydrogen) atoms. The molecule has 0 fully saturated rings. The molecular formula is C23H29ClF3N3O3. The molecule has 1 aromatic carbocycles. The van der Waals surface area contributed by atoms with E-state index in [2.05, 4.69) is 15.3 Å². The van der Waals surface area contributed by atoms with E-state index in [9.17, 15) is 18.0 Å². The Kier molecular flexibility index (Phi) is 8.22. The lowest BCUT2D eigenvalue weighted by Gasteiger charge is -2.33. The van der Waals surface area contributed by atoms with Crippen LogP contribution >= 0.6 is 11.6 Å². The number of carbonyl (C=O) groups is 1. The molecule has 0 bridgehead atoms. The number of hydrogen-bond donors (Lipinski definition) is 1. The number of ether oxygens (including phenoxy) is 2. The largest absolute Gasteiger partial charge is 0.490 e. The van der Waals surface area contributed by atoms with E-state index in [1.807, 2.05) is 20.8 Å². The molecule has 1 amide bonds. The fourth-order valence-corrected chi connectivity index (χ4v) is 3.50. The number of halogens is 4. The molecule has 10 heteroatoms. The van der Waals surface area contributed by atoms with Crippen molar-refractivity contribution < 1.29 is 27.4 Å². The summed E-state index contributed by atoms with van der Waals surface area (Å²) in [4.78, 5) is 19.2. The summed E-state index contributed by atoms with van der Waals surface area (Å²) in [5.74, 6) is -0.646. The van der Waals surface area contributed by atoms with Crippen molar-refractivity contribution in [3.05, 3.63) is 41.3 Å². The maximum atomic E-state index is 12.9. The first kappa shape index (κ1) is 26.7. The van der Waals surface area contributed by atoms with E-state index in [1.165, 1.54) is 12.1 Å². The van der Waals surface area contributed by atoms with Crippen molar-refractivity contribution in [1.82, 2.24) is 15.3 Å². The van der Waals surface area contributed by atoms with Crippen LogP contribution in [-0.2, 0) is 10.9 Å². The molecule has 0 aliphatic rings. The Morgan fingerprint density at radius 1 is 1.15 bits per heavy atom. The number of nitrogens with one attached hydrogen (secondary N) is 1. The van der Waals surface area contributed by atoms with Crippen LogP contribution in [0.4, 0.5) is 18.0 Å². The smallest absolute Gasteiger partial charge is 0.451 e. The average Bonchev–Trinajstić information content (AvgIpc) is 2.64. The molecule has 0 aliphatic heterocycles. The monoisotopic (exact) mass is 487 g/mol. The zero-order valence-electron chi connectivity index (χ0n) is 19.5. The van der Waals surface area contributed by atoms with Crippen LogP contribution in [0, 0.1) is 5.92 Å². The average molecular weight is 488 g/mol. The van der Waals surface area contributed by atoms with Crippen molar-refractivity contribution in [1.29, 1.82) is 0 Å². The van der Waals surface area contributed by atoms with Crippen molar-refractivity contribution in [3.8, 4) is 17.0 Å². The highest BCUT2D eigenvalue weighted by Crippen LogP contribution is 2.32. The fourth-order valence-electron chi connectivity index (χ4n) is 3.27. The van der Waals surface area contributed by atoms with Crippen molar-refractivity contribution in [2.75, 3.05) is 6.61 Å². The van der Waals surface area contributed by atoms with E-state index in [0.717, 1.165) is 6.20 Å². The summed E-state index contributed by atoms with van der Waals surface area (Å²) in [5.41, 5.74) is -0.915. The first-order chi connectivity index (χ1) is 15.1. The summed E-state index contributed by atoms with van der Waals surface area (Å²) in [6, 6.07) is 5.95. The van der Waals surface area contributed by atoms with Gasteiger partial charge in [0.05, 0.1) is 16.3 Å². The number of carbonyl (C=O) groups excluding carboxylic acids is 1. The number of nitrogens with zero attached hydrogens (tertiary/aromatic N) is 2. The van der Waals surface area contributed by atoms with Gasteiger partial charge in [-0.15, -0.1) is 0 Å². The molecule has 0 saturated heterocycles. The number of alkyl halides is 3. The van der Waals surface area contributed by atoms with Gasteiger partial charge in [-0.05, 0) is 64.3 Å². The molecule has 0 radical (unpaired) electrons. The predicted molar refractivity (Wildman–Crippen MR) is 120 cm³/mol. The van der Waals surface area contributed by atoms with Gasteiger partial charge in [0.2, 0.25) is 5.82 Å². The Morgan fingerprint density at radius 3 is 2.36 bits per heavy atom. The molecular weight excluding hydrogens is 459 g/mol. The molecule has 6 nitrogen and oxygen atoms in total. The number of benzene rings is 1. The molecule has 1 heterocycles. The molecule has 2 aromatic rings. The van der Waals surface area contributed by atoms with Gasteiger partial charge in [-0.3, -0.25) is 0 Å². The van der Waals surface area contributed by atoms with Crippen LogP contribution in [0.1, 0.15) is 53.8 Å². The maximum Gasteiger partial charge on any atom is 0.451 e.